The third-order valence-corrected chi connectivity index (χ3v) is 3.81. The number of halogens is 3. The van der Waals surface area contributed by atoms with E-state index >= 15 is 0 Å². The average Bonchev–Trinajstić information content (AvgIpc) is 2.62. The summed E-state index contributed by atoms with van der Waals surface area (Å²) in [7, 11) is 0. The van der Waals surface area contributed by atoms with Crippen molar-refractivity contribution >= 4 is 21.8 Å². The Balaban J connectivity index is 2.24. The van der Waals surface area contributed by atoms with Crippen molar-refractivity contribution in [2.75, 3.05) is 0 Å². The first-order chi connectivity index (χ1) is 8.41. The molecule has 1 fully saturated rings. The molecule has 0 atom stereocenters. The maximum absolute atomic E-state index is 13.6. The minimum Gasteiger partial charge on any atom is -0.347 e. The number of hydrogen-bond acceptors (Lipinski definition) is 1. The maximum Gasteiger partial charge on any atom is 0.257 e. The summed E-state index contributed by atoms with van der Waals surface area (Å²) in [5.74, 6) is -2.37. The quantitative estimate of drug-likeness (QED) is 0.883. The van der Waals surface area contributed by atoms with Gasteiger partial charge in [-0.3, -0.25) is 4.79 Å². The highest BCUT2D eigenvalue weighted by atomic mass is 79.9. The van der Waals surface area contributed by atoms with Gasteiger partial charge in [-0.15, -0.1) is 0 Å². The number of carbonyl (C=O) groups is 1. The van der Waals surface area contributed by atoms with Crippen molar-refractivity contribution in [3.05, 3.63) is 33.8 Å². The summed E-state index contributed by atoms with van der Waals surface area (Å²) in [4.78, 5) is 12.0. The monoisotopic (exact) mass is 317 g/mol. The molecule has 5 heteroatoms. The van der Waals surface area contributed by atoms with Crippen LogP contribution in [0.15, 0.2) is 16.6 Å². The van der Waals surface area contributed by atoms with Crippen LogP contribution in [0.5, 0.6) is 0 Å². The molecular weight excluding hydrogens is 304 g/mol. The van der Waals surface area contributed by atoms with Crippen LogP contribution >= 0.6 is 15.9 Å². The van der Waals surface area contributed by atoms with Gasteiger partial charge in [-0.25, -0.2) is 8.78 Å². The van der Waals surface area contributed by atoms with E-state index in [9.17, 15) is 13.6 Å². The number of hydrogen-bond donors (Lipinski definition) is 1. The molecule has 2 nitrogen and oxygen atoms in total. The zero-order valence-corrected chi connectivity index (χ0v) is 11.6. The van der Waals surface area contributed by atoms with Crippen molar-refractivity contribution in [2.45, 2.75) is 38.1 Å². The van der Waals surface area contributed by atoms with E-state index in [0.29, 0.717) is 0 Å². The zero-order valence-electron chi connectivity index (χ0n) is 10.0. The number of carbonyl (C=O) groups excluding carboxylic acids is 1. The molecule has 0 aromatic heterocycles. The van der Waals surface area contributed by atoms with E-state index in [0.717, 1.165) is 37.8 Å². The molecule has 1 aliphatic rings. The molecular formula is C13H14BrF2NO. The van der Waals surface area contributed by atoms with E-state index in [-0.39, 0.29) is 10.0 Å². The SMILES string of the molecule is CC1(NC(=O)c2c(F)cc(Br)cc2F)CCCC1. The molecule has 2 rings (SSSR count). The molecule has 98 valence electrons. The number of amides is 1. The largest absolute Gasteiger partial charge is 0.347 e. The summed E-state index contributed by atoms with van der Waals surface area (Å²) in [5, 5.41) is 2.74. The fraction of sp³-hybridized carbons (Fsp3) is 0.462. The normalized spacial score (nSPS) is 17.8. The average molecular weight is 318 g/mol. The second kappa shape index (κ2) is 4.96. The lowest BCUT2D eigenvalue weighted by Gasteiger charge is -2.25. The second-order valence-corrected chi connectivity index (χ2v) is 5.88. The van der Waals surface area contributed by atoms with Crippen LogP contribution in [-0.2, 0) is 0 Å². The fourth-order valence-electron chi connectivity index (χ4n) is 2.38. The van der Waals surface area contributed by atoms with Crippen molar-refractivity contribution in [1.29, 1.82) is 0 Å². The molecule has 1 saturated carbocycles. The van der Waals surface area contributed by atoms with E-state index < -0.39 is 23.1 Å². The third-order valence-electron chi connectivity index (χ3n) is 3.36. The van der Waals surface area contributed by atoms with Gasteiger partial charge in [0.2, 0.25) is 0 Å². The Kier molecular flexibility index (Phi) is 3.71. The van der Waals surface area contributed by atoms with E-state index in [1.54, 1.807) is 0 Å². The summed E-state index contributed by atoms with van der Waals surface area (Å²) < 4.78 is 27.5. The van der Waals surface area contributed by atoms with Crippen molar-refractivity contribution < 1.29 is 13.6 Å². The molecule has 0 aliphatic heterocycles. The minimum atomic E-state index is -0.846. The van der Waals surface area contributed by atoms with Gasteiger partial charge in [0.25, 0.3) is 5.91 Å². The molecule has 0 spiro atoms. The van der Waals surface area contributed by atoms with Crippen LogP contribution in [0.4, 0.5) is 8.78 Å². The van der Waals surface area contributed by atoms with Crippen molar-refractivity contribution in [1.82, 2.24) is 5.32 Å². The summed E-state index contributed by atoms with van der Waals surface area (Å²) >= 11 is 2.98. The van der Waals surface area contributed by atoms with Gasteiger partial charge in [-0.1, -0.05) is 28.8 Å². The zero-order chi connectivity index (χ0) is 13.3. The molecule has 0 unspecified atom stereocenters. The highest BCUT2D eigenvalue weighted by Crippen LogP contribution is 2.29. The first-order valence-corrected chi connectivity index (χ1v) is 6.68. The topological polar surface area (TPSA) is 29.1 Å². The Labute approximate surface area is 113 Å². The van der Waals surface area contributed by atoms with E-state index in [2.05, 4.69) is 21.2 Å². The molecule has 0 saturated heterocycles. The smallest absolute Gasteiger partial charge is 0.257 e. The Morgan fingerprint density at radius 1 is 1.28 bits per heavy atom. The summed E-state index contributed by atoms with van der Waals surface area (Å²) in [5.41, 5.74) is -0.852. The van der Waals surface area contributed by atoms with Gasteiger partial charge in [0.05, 0.1) is 0 Å². The van der Waals surface area contributed by atoms with Gasteiger partial charge in [0, 0.05) is 10.0 Å². The second-order valence-electron chi connectivity index (χ2n) is 4.97. The molecule has 0 radical (unpaired) electrons. The van der Waals surface area contributed by atoms with Crippen LogP contribution in [0, 0.1) is 11.6 Å². The van der Waals surface area contributed by atoms with Crippen LogP contribution in [0.3, 0.4) is 0 Å². The summed E-state index contributed by atoms with van der Waals surface area (Å²) in [6.45, 7) is 1.91. The van der Waals surface area contributed by atoms with Gasteiger partial charge in [-0.05, 0) is 31.9 Å². The van der Waals surface area contributed by atoms with Gasteiger partial charge in [0.15, 0.2) is 0 Å². The molecule has 0 bridgehead atoms. The molecule has 1 N–H and O–H groups in total. The van der Waals surface area contributed by atoms with Gasteiger partial charge in [-0.2, -0.15) is 0 Å². The standard InChI is InChI=1S/C13H14BrF2NO/c1-13(4-2-3-5-13)17-12(18)11-9(15)6-8(14)7-10(11)16/h6-7H,2-5H2,1H3,(H,17,18). The van der Waals surface area contributed by atoms with Gasteiger partial charge in [0.1, 0.15) is 17.2 Å². The molecule has 1 aliphatic carbocycles. The highest BCUT2D eigenvalue weighted by Gasteiger charge is 2.32. The van der Waals surface area contributed by atoms with Crippen LogP contribution in [0.25, 0.3) is 0 Å². The number of benzene rings is 1. The summed E-state index contributed by atoms with van der Waals surface area (Å²) in [6, 6.07) is 2.18. The number of rotatable bonds is 2. The van der Waals surface area contributed by atoms with Gasteiger partial charge < -0.3 is 5.32 Å². The van der Waals surface area contributed by atoms with Crippen LogP contribution in [0.1, 0.15) is 43.0 Å². The molecule has 18 heavy (non-hydrogen) atoms. The van der Waals surface area contributed by atoms with Crippen molar-refractivity contribution in [3.8, 4) is 0 Å². The number of nitrogens with one attached hydrogen (secondary N) is 1. The molecule has 0 heterocycles. The molecule has 1 amide bonds. The van der Waals surface area contributed by atoms with Crippen LogP contribution < -0.4 is 5.32 Å². The predicted molar refractivity (Wildman–Crippen MR) is 68.4 cm³/mol. The Bertz CT molecular complexity index is 461. The lowest BCUT2D eigenvalue weighted by Crippen LogP contribution is -2.44. The molecule has 1 aromatic carbocycles. The predicted octanol–water partition coefficient (Wildman–Crippen LogP) is 3.79. The summed E-state index contributed by atoms with van der Waals surface area (Å²) in [6.07, 6.45) is 3.75. The van der Waals surface area contributed by atoms with E-state index in [4.69, 9.17) is 0 Å². The van der Waals surface area contributed by atoms with Crippen LogP contribution in [-0.4, -0.2) is 11.4 Å². The third kappa shape index (κ3) is 2.71. The van der Waals surface area contributed by atoms with Crippen molar-refractivity contribution in [2.24, 2.45) is 0 Å². The molecule has 1 aromatic rings. The van der Waals surface area contributed by atoms with Crippen LogP contribution in [0.2, 0.25) is 0 Å². The lowest BCUT2D eigenvalue weighted by atomic mass is 10.00. The Hall–Kier alpha value is -0.970. The fourth-order valence-corrected chi connectivity index (χ4v) is 2.78. The highest BCUT2D eigenvalue weighted by molar-refractivity contribution is 9.10. The lowest BCUT2D eigenvalue weighted by molar-refractivity contribution is 0.0899. The Morgan fingerprint density at radius 2 is 1.78 bits per heavy atom. The minimum absolute atomic E-state index is 0.279. The van der Waals surface area contributed by atoms with E-state index in [1.807, 2.05) is 6.92 Å². The van der Waals surface area contributed by atoms with Gasteiger partial charge >= 0.3 is 0 Å². The first kappa shape index (κ1) is 13.5. The Morgan fingerprint density at radius 3 is 2.28 bits per heavy atom. The maximum atomic E-state index is 13.6. The first-order valence-electron chi connectivity index (χ1n) is 5.88. The van der Waals surface area contributed by atoms with Crippen molar-refractivity contribution in [3.63, 3.8) is 0 Å². The van der Waals surface area contributed by atoms with E-state index in [1.165, 1.54) is 0 Å².